The minimum absolute atomic E-state index is 0.224. The average Bonchev–Trinajstić information content (AvgIpc) is 3.36. The number of imide groups is 1. The van der Waals surface area contributed by atoms with Gasteiger partial charge in [0.25, 0.3) is 5.91 Å². The SMILES string of the molecule is CCC1=CC([C@@H]2O[C@H](COC(=O)c3ccccc3)C(OC(=O)c3ccccc3)C2OC(=O)c2ccccc2)C(=O)NC1=O. The van der Waals surface area contributed by atoms with Crippen LogP contribution in [0, 0.1) is 5.92 Å². The van der Waals surface area contributed by atoms with Gasteiger partial charge in [0, 0.05) is 5.57 Å². The van der Waals surface area contributed by atoms with Crippen molar-refractivity contribution in [1.82, 2.24) is 5.32 Å². The molecule has 2 aliphatic rings. The predicted molar refractivity (Wildman–Crippen MR) is 152 cm³/mol. The van der Waals surface area contributed by atoms with Crippen molar-refractivity contribution >= 4 is 29.7 Å². The summed E-state index contributed by atoms with van der Waals surface area (Å²) in [6.07, 6.45) is -3.08. The summed E-state index contributed by atoms with van der Waals surface area (Å²) in [4.78, 5) is 64.7. The molecular formula is C33H29NO9. The first-order valence-corrected chi connectivity index (χ1v) is 13.8. The number of ether oxygens (including phenoxy) is 4. The quantitative estimate of drug-likeness (QED) is 0.227. The number of rotatable bonds is 9. The number of nitrogens with one attached hydrogen (secondary N) is 1. The molecule has 3 aromatic carbocycles. The Bertz CT molecular complexity index is 1520. The molecule has 0 aromatic heterocycles. The maximum atomic E-state index is 13.3. The highest BCUT2D eigenvalue weighted by molar-refractivity contribution is 6.08. The molecule has 0 radical (unpaired) electrons. The van der Waals surface area contributed by atoms with E-state index in [9.17, 15) is 24.0 Å². The van der Waals surface area contributed by atoms with Crippen molar-refractivity contribution in [2.45, 2.75) is 37.8 Å². The third-order valence-corrected chi connectivity index (χ3v) is 7.19. The van der Waals surface area contributed by atoms with Crippen molar-refractivity contribution in [2.75, 3.05) is 6.61 Å². The van der Waals surface area contributed by atoms with Crippen molar-refractivity contribution in [3.05, 3.63) is 119 Å². The number of carbonyl (C=O) groups excluding carboxylic acids is 5. The van der Waals surface area contributed by atoms with Gasteiger partial charge in [-0.05, 0) is 42.8 Å². The molecule has 10 heteroatoms. The smallest absolute Gasteiger partial charge is 0.338 e. The van der Waals surface area contributed by atoms with Crippen LogP contribution in [0.1, 0.15) is 44.4 Å². The predicted octanol–water partition coefficient (Wildman–Crippen LogP) is 3.67. The summed E-state index contributed by atoms with van der Waals surface area (Å²) in [6.45, 7) is 1.38. The van der Waals surface area contributed by atoms with Crippen LogP contribution in [0.4, 0.5) is 0 Å². The summed E-state index contributed by atoms with van der Waals surface area (Å²) < 4.78 is 23.5. The zero-order chi connectivity index (χ0) is 30.3. The van der Waals surface area contributed by atoms with Gasteiger partial charge in [0.1, 0.15) is 18.8 Å². The second-order valence-corrected chi connectivity index (χ2v) is 9.97. The van der Waals surface area contributed by atoms with Crippen LogP contribution in [0.15, 0.2) is 103 Å². The minimum Gasteiger partial charge on any atom is -0.459 e. The van der Waals surface area contributed by atoms with Gasteiger partial charge < -0.3 is 18.9 Å². The van der Waals surface area contributed by atoms with E-state index in [1.807, 2.05) is 0 Å². The van der Waals surface area contributed by atoms with Crippen molar-refractivity contribution in [3.8, 4) is 0 Å². The van der Waals surface area contributed by atoms with E-state index >= 15 is 0 Å². The third-order valence-electron chi connectivity index (χ3n) is 7.19. The highest BCUT2D eigenvalue weighted by Crippen LogP contribution is 2.35. The molecule has 2 amide bonds. The molecule has 10 nitrogen and oxygen atoms in total. The molecule has 3 aromatic rings. The summed E-state index contributed by atoms with van der Waals surface area (Å²) in [5.41, 5.74) is 1.09. The van der Waals surface area contributed by atoms with E-state index in [2.05, 4.69) is 5.32 Å². The van der Waals surface area contributed by atoms with Gasteiger partial charge in [0.05, 0.1) is 22.6 Å². The molecule has 0 bridgehead atoms. The van der Waals surface area contributed by atoms with Crippen LogP contribution in [-0.2, 0) is 28.5 Å². The summed E-state index contributed by atoms with van der Waals surface area (Å²) in [5, 5.41) is 2.32. The molecule has 1 saturated heterocycles. The van der Waals surface area contributed by atoms with Crippen molar-refractivity contribution in [3.63, 3.8) is 0 Å². The number of amides is 2. The van der Waals surface area contributed by atoms with Crippen molar-refractivity contribution in [2.24, 2.45) is 5.92 Å². The molecule has 2 heterocycles. The fourth-order valence-electron chi connectivity index (χ4n) is 4.97. The summed E-state index contributed by atoms with van der Waals surface area (Å²) in [7, 11) is 0. The highest BCUT2D eigenvalue weighted by Gasteiger charge is 2.54. The van der Waals surface area contributed by atoms with Crippen LogP contribution in [0.5, 0.6) is 0 Å². The fraction of sp³-hybridized carbons (Fsp3) is 0.242. The lowest BCUT2D eigenvalue weighted by molar-refractivity contribution is -0.136. The monoisotopic (exact) mass is 583 g/mol. The van der Waals surface area contributed by atoms with E-state index in [-0.39, 0.29) is 17.7 Å². The minimum atomic E-state index is -1.31. The molecule has 1 fully saturated rings. The Kier molecular flexibility index (Phi) is 9.07. The fourth-order valence-corrected chi connectivity index (χ4v) is 4.97. The van der Waals surface area contributed by atoms with Crippen LogP contribution in [0.3, 0.4) is 0 Å². The second-order valence-electron chi connectivity index (χ2n) is 9.97. The largest absolute Gasteiger partial charge is 0.459 e. The standard InChI is InChI=1S/C33H29NO9/c1-2-20-18-24(30(36)34-29(20)35)26-28(43-33(39)23-16-10-5-11-17-23)27(42-32(38)22-14-8-4-9-15-22)25(41-26)19-40-31(37)21-12-6-3-7-13-21/h3-18,24-28H,2,19H2,1H3,(H,34,35,36)/t24?,25-,26+,27?,28?/m1/s1. The Morgan fingerprint density at radius 1 is 0.721 bits per heavy atom. The molecule has 3 unspecified atom stereocenters. The lowest BCUT2D eigenvalue weighted by Crippen LogP contribution is -2.49. The van der Waals surface area contributed by atoms with Gasteiger partial charge in [-0.3, -0.25) is 14.9 Å². The van der Waals surface area contributed by atoms with Crippen molar-refractivity contribution < 1.29 is 42.9 Å². The van der Waals surface area contributed by atoms with Crippen LogP contribution in [0.2, 0.25) is 0 Å². The van der Waals surface area contributed by atoms with Gasteiger partial charge in [-0.25, -0.2) is 14.4 Å². The molecule has 43 heavy (non-hydrogen) atoms. The summed E-state index contributed by atoms with van der Waals surface area (Å²) >= 11 is 0. The zero-order valence-electron chi connectivity index (χ0n) is 23.2. The molecule has 5 atom stereocenters. The second kappa shape index (κ2) is 13.3. The number of benzene rings is 3. The Hall–Kier alpha value is -5.09. The molecule has 0 saturated carbocycles. The van der Waals surface area contributed by atoms with Gasteiger partial charge in [0.15, 0.2) is 12.2 Å². The first-order chi connectivity index (χ1) is 20.9. The van der Waals surface area contributed by atoms with Crippen LogP contribution < -0.4 is 5.32 Å². The summed E-state index contributed by atoms with van der Waals surface area (Å²) in [5.74, 6) is -4.39. The molecule has 1 N–H and O–H groups in total. The van der Waals surface area contributed by atoms with Crippen molar-refractivity contribution in [1.29, 1.82) is 0 Å². The third kappa shape index (κ3) is 6.70. The number of hydrogen-bond donors (Lipinski definition) is 1. The summed E-state index contributed by atoms with van der Waals surface area (Å²) in [6, 6.07) is 24.6. The lowest BCUT2D eigenvalue weighted by atomic mass is 9.89. The number of hydrogen-bond acceptors (Lipinski definition) is 9. The number of carbonyl (C=O) groups is 5. The molecule has 0 spiro atoms. The zero-order valence-corrected chi connectivity index (χ0v) is 23.2. The van der Waals surface area contributed by atoms with Gasteiger partial charge >= 0.3 is 17.9 Å². The van der Waals surface area contributed by atoms with Gasteiger partial charge in [0.2, 0.25) is 5.91 Å². The van der Waals surface area contributed by atoms with E-state index < -0.39 is 60.1 Å². The first-order valence-electron chi connectivity index (χ1n) is 13.8. The maximum absolute atomic E-state index is 13.3. The molecule has 220 valence electrons. The van der Waals surface area contributed by atoms with Crippen LogP contribution in [0.25, 0.3) is 0 Å². The van der Waals surface area contributed by atoms with E-state index in [1.165, 1.54) is 6.08 Å². The Morgan fingerprint density at radius 2 is 1.21 bits per heavy atom. The maximum Gasteiger partial charge on any atom is 0.338 e. The normalized spacial score (nSPS) is 23.1. The average molecular weight is 584 g/mol. The lowest BCUT2D eigenvalue weighted by Gasteiger charge is -2.29. The van der Waals surface area contributed by atoms with Gasteiger partial charge in [-0.2, -0.15) is 0 Å². The first kappa shape index (κ1) is 29.4. The van der Waals surface area contributed by atoms with E-state index in [1.54, 1.807) is 97.9 Å². The molecular weight excluding hydrogens is 554 g/mol. The highest BCUT2D eigenvalue weighted by atomic mass is 16.6. The van der Waals surface area contributed by atoms with E-state index in [4.69, 9.17) is 18.9 Å². The van der Waals surface area contributed by atoms with Gasteiger partial charge in [-0.15, -0.1) is 0 Å². The Morgan fingerprint density at radius 3 is 1.72 bits per heavy atom. The Labute approximate surface area is 247 Å². The molecule has 5 rings (SSSR count). The number of esters is 3. The van der Waals surface area contributed by atoms with Crippen LogP contribution in [-0.4, -0.2) is 60.7 Å². The van der Waals surface area contributed by atoms with Gasteiger partial charge in [-0.1, -0.05) is 67.6 Å². The topological polar surface area (TPSA) is 134 Å². The Balaban J connectivity index is 1.50. The molecule has 0 aliphatic carbocycles. The van der Waals surface area contributed by atoms with E-state index in [0.29, 0.717) is 17.6 Å². The van der Waals surface area contributed by atoms with E-state index in [0.717, 1.165) is 0 Å². The molecule has 2 aliphatic heterocycles. The van der Waals surface area contributed by atoms with Crippen LogP contribution >= 0.6 is 0 Å².